The minimum absolute atomic E-state index is 0.109. The summed E-state index contributed by atoms with van der Waals surface area (Å²) in [5.41, 5.74) is 0.111. The Labute approximate surface area is 126 Å². The van der Waals surface area contributed by atoms with E-state index in [2.05, 4.69) is 5.32 Å². The third-order valence-electron chi connectivity index (χ3n) is 3.11. The number of rotatable bonds is 7. The summed E-state index contributed by atoms with van der Waals surface area (Å²) in [6.07, 6.45) is 2.20. The predicted molar refractivity (Wildman–Crippen MR) is 73.5 cm³/mol. The van der Waals surface area contributed by atoms with Crippen LogP contribution in [0.4, 0.5) is 4.39 Å². The van der Waals surface area contributed by atoms with Gasteiger partial charge in [-0.05, 0) is 36.5 Å². The van der Waals surface area contributed by atoms with Crippen LogP contribution in [0.5, 0.6) is 0 Å². The summed E-state index contributed by atoms with van der Waals surface area (Å²) in [5.74, 6) is -2.07. The number of carbonyl (C=O) groups is 2. The van der Waals surface area contributed by atoms with Gasteiger partial charge in [0, 0.05) is 0 Å². The van der Waals surface area contributed by atoms with E-state index >= 15 is 0 Å². The van der Waals surface area contributed by atoms with Crippen LogP contribution in [0.15, 0.2) is 18.2 Å². The second-order valence-electron chi connectivity index (χ2n) is 4.97. The molecule has 1 fully saturated rings. The third kappa shape index (κ3) is 4.68. The molecule has 1 aliphatic rings. The molecule has 2 N–H and O–H groups in total. The highest BCUT2D eigenvalue weighted by atomic mass is 35.5. The molecular weight excluding hydrogens is 301 g/mol. The highest BCUT2D eigenvalue weighted by molar-refractivity contribution is 6.30. The number of carboxylic acids is 1. The largest absolute Gasteiger partial charge is 0.479 e. The Morgan fingerprint density at radius 3 is 2.76 bits per heavy atom. The second-order valence-corrected chi connectivity index (χ2v) is 5.38. The number of halogens is 2. The number of amides is 1. The van der Waals surface area contributed by atoms with Crippen molar-refractivity contribution in [3.8, 4) is 0 Å². The lowest BCUT2D eigenvalue weighted by atomic mass is 10.1. The first-order valence-electron chi connectivity index (χ1n) is 6.52. The monoisotopic (exact) mass is 315 g/mol. The van der Waals surface area contributed by atoms with Gasteiger partial charge in [0.15, 0.2) is 6.04 Å². The van der Waals surface area contributed by atoms with Gasteiger partial charge in [0.25, 0.3) is 0 Å². The van der Waals surface area contributed by atoms with E-state index in [1.165, 1.54) is 12.1 Å². The normalized spacial score (nSPS) is 15.5. The number of hydrogen-bond acceptors (Lipinski definition) is 3. The highest BCUT2D eigenvalue weighted by Crippen LogP contribution is 2.28. The van der Waals surface area contributed by atoms with Crippen molar-refractivity contribution in [3.63, 3.8) is 0 Å². The van der Waals surface area contributed by atoms with Crippen molar-refractivity contribution in [2.45, 2.75) is 18.9 Å². The van der Waals surface area contributed by atoms with Crippen LogP contribution in [0.3, 0.4) is 0 Å². The lowest BCUT2D eigenvalue weighted by Gasteiger charge is -2.15. The summed E-state index contributed by atoms with van der Waals surface area (Å²) in [4.78, 5) is 22.9. The van der Waals surface area contributed by atoms with E-state index in [4.69, 9.17) is 21.4 Å². The molecule has 0 aliphatic heterocycles. The molecule has 1 atom stereocenters. The van der Waals surface area contributed by atoms with Crippen LogP contribution in [-0.4, -0.2) is 30.2 Å². The van der Waals surface area contributed by atoms with Gasteiger partial charge in [-0.15, -0.1) is 0 Å². The van der Waals surface area contributed by atoms with Gasteiger partial charge in [-0.25, -0.2) is 9.18 Å². The Morgan fingerprint density at radius 2 is 2.19 bits per heavy atom. The zero-order valence-corrected chi connectivity index (χ0v) is 11.9. The fraction of sp³-hybridized carbons (Fsp3) is 0.429. The Bertz CT molecular complexity index is 548. The van der Waals surface area contributed by atoms with Crippen LogP contribution >= 0.6 is 11.6 Å². The minimum atomic E-state index is -1.34. The number of nitrogens with one attached hydrogen (secondary N) is 1. The van der Waals surface area contributed by atoms with E-state index in [1.54, 1.807) is 0 Å². The molecule has 1 aliphatic carbocycles. The first-order valence-corrected chi connectivity index (χ1v) is 6.90. The number of carboxylic acid groups (broad SMARTS) is 1. The molecule has 1 aromatic rings. The average molecular weight is 316 g/mol. The molecule has 0 spiro atoms. The van der Waals surface area contributed by atoms with Crippen LogP contribution in [0, 0.1) is 11.7 Å². The summed E-state index contributed by atoms with van der Waals surface area (Å²) >= 11 is 5.54. The van der Waals surface area contributed by atoms with E-state index in [1.807, 2.05) is 0 Å². The van der Waals surface area contributed by atoms with Gasteiger partial charge in [-0.2, -0.15) is 0 Å². The van der Waals surface area contributed by atoms with E-state index in [0.29, 0.717) is 12.5 Å². The Hall–Kier alpha value is -1.66. The fourth-order valence-corrected chi connectivity index (χ4v) is 1.90. The summed E-state index contributed by atoms with van der Waals surface area (Å²) in [5, 5.41) is 11.3. The maximum absolute atomic E-state index is 13.4. The number of aliphatic carboxylic acids is 1. The van der Waals surface area contributed by atoms with Crippen LogP contribution in [-0.2, 0) is 14.3 Å². The molecule has 1 aromatic carbocycles. The van der Waals surface area contributed by atoms with Crippen molar-refractivity contribution < 1.29 is 23.8 Å². The quantitative estimate of drug-likeness (QED) is 0.808. The van der Waals surface area contributed by atoms with Gasteiger partial charge >= 0.3 is 5.97 Å². The summed E-state index contributed by atoms with van der Waals surface area (Å²) in [6.45, 7) is 0.289. The number of ether oxygens (including phenoxy) is 1. The molecule has 114 valence electrons. The van der Waals surface area contributed by atoms with Gasteiger partial charge in [0.05, 0.1) is 11.6 Å². The van der Waals surface area contributed by atoms with Gasteiger partial charge in [-0.1, -0.05) is 17.7 Å². The Kier molecular flexibility index (Phi) is 5.14. The molecule has 2 rings (SSSR count). The molecule has 1 unspecified atom stereocenters. The van der Waals surface area contributed by atoms with Crippen molar-refractivity contribution in [3.05, 3.63) is 34.6 Å². The standard InChI is InChI=1S/C14H15ClFNO4/c15-10-4-3-9(5-11(10)16)13(14(19)20)17-12(18)7-21-6-8-1-2-8/h3-5,8,13H,1-2,6-7H2,(H,17,18)(H,19,20). The Balaban J connectivity index is 1.95. The predicted octanol–water partition coefficient (Wildman–Crippen LogP) is 2.15. The van der Waals surface area contributed by atoms with Crippen LogP contribution in [0.2, 0.25) is 5.02 Å². The maximum atomic E-state index is 13.4. The number of hydrogen-bond donors (Lipinski definition) is 2. The van der Waals surface area contributed by atoms with Crippen molar-refractivity contribution >= 4 is 23.5 Å². The van der Waals surface area contributed by atoms with E-state index < -0.39 is 23.7 Å². The number of carbonyl (C=O) groups excluding carboxylic acids is 1. The highest BCUT2D eigenvalue weighted by Gasteiger charge is 2.24. The van der Waals surface area contributed by atoms with E-state index in [-0.39, 0.29) is 17.2 Å². The molecule has 7 heteroatoms. The van der Waals surface area contributed by atoms with Gasteiger partial charge < -0.3 is 15.2 Å². The van der Waals surface area contributed by atoms with Gasteiger partial charge in [0.2, 0.25) is 5.91 Å². The average Bonchev–Trinajstić information content (AvgIpc) is 3.23. The molecule has 21 heavy (non-hydrogen) atoms. The minimum Gasteiger partial charge on any atom is -0.479 e. The molecule has 1 saturated carbocycles. The van der Waals surface area contributed by atoms with E-state index in [0.717, 1.165) is 18.9 Å². The first-order chi connectivity index (χ1) is 9.97. The molecule has 0 aromatic heterocycles. The maximum Gasteiger partial charge on any atom is 0.330 e. The van der Waals surface area contributed by atoms with E-state index in [9.17, 15) is 14.0 Å². The Morgan fingerprint density at radius 1 is 1.48 bits per heavy atom. The summed E-state index contributed by atoms with van der Waals surface area (Å²) < 4.78 is 18.6. The SMILES string of the molecule is O=C(COCC1CC1)NC(C(=O)O)c1ccc(Cl)c(F)c1. The first kappa shape index (κ1) is 15.7. The lowest BCUT2D eigenvalue weighted by Crippen LogP contribution is -2.36. The third-order valence-corrected chi connectivity index (χ3v) is 3.42. The topological polar surface area (TPSA) is 75.6 Å². The van der Waals surface area contributed by atoms with Crippen molar-refractivity contribution in [2.24, 2.45) is 5.92 Å². The summed E-state index contributed by atoms with van der Waals surface area (Å²) in [7, 11) is 0. The molecule has 5 nitrogen and oxygen atoms in total. The van der Waals surface area contributed by atoms with Crippen LogP contribution in [0.25, 0.3) is 0 Å². The van der Waals surface area contributed by atoms with Crippen molar-refractivity contribution in [2.75, 3.05) is 13.2 Å². The molecular formula is C14H15ClFNO4. The molecule has 0 radical (unpaired) electrons. The lowest BCUT2D eigenvalue weighted by molar-refractivity contribution is -0.142. The smallest absolute Gasteiger partial charge is 0.330 e. The molecule has 0 heterocycles. The van der Waals surface area contributed by atoms with Crippen molar-refractivity contribution in [1.82, 2.24) is 5.32 Å². The summed E-state index contributed by atoms with van der Waals surface area (Å²) in [6, 6.07) is 2.26. The molecule has 0 saturated heterocycles. The second kappa shape index (κ2) is 6.87. The van der Waals surface area contributed by atoms with Gasteiger partial charge in [0.1, 0.15) is 12.4 Å². The zero-order chi connectivity index (χ0) is 15.4. The van der Waals surface area contributed by atoms with Crippen LogP contribution in [0.1, 0.15) is 24.4 Å². The van der Waals surface area contributed by atoms with Crippen molar-refractivity contribution in [1.29, 1.82) is 0 Å². The fourth-order valence-electron chi connectivity index (χ4n) is 1.79. The molecule has 0 bridgehead atoms. The van der Waals surface area contributed by atoms with Gasteiger partial charge in [-0.3, -0.25) is 4.79 Å². The zero-order valence-electron chi connectivity index (χ0n) is 11.1. The molecule has 1 amide bonds. The number of benzene rings is 1. The van der Waals surface area contributed by atoms with Crippen LogP contribution < -0.4 is 5.32 Å².